The lowest BCUT2D eigenvalue weighted by Gasteiger charge is -2.33. The monoisotopic (exact) mass is 663 g/mol. The van der Waals surface area contributed by atoms with Crippen molar-refractivity contribution in [2.24, 2.45) is 0 Å². The summed E-state index contributed by atoms with van der Waals surface area (Å²) in [7, 11) is -4.29. The van der Waals surface area contributed by atoms with Crippen LogP contribution in [-0.2, 0) is 37.6 Å². The zero-order valence-electron chi connectivity index (χ0n) is 26.5. The SMILES string of the molecule is CCCOC(O)[C@H](C)N[P@](=O)(OC[C@@]1(C)O[C@@H](c2ccc3c(N)ncnn23)[C@H](OC(=O)CC)[C@@H]1OC(=O)CC)Oc1ccccc1. The second-order valence-corrected chi connectivity index (χ2v) is 12.7. The number of ether oxygens (including phenoxy) is 4. The van der Waals surface area contributed by atoms with Crippen LogP contribution in [0.25, 0.3) is 5.52 Å². The van der Waals surface area contributed by atoms with E-state index in [1.54, 1.807) is 70.2 Å². The number of aliphatic hydroxyl groups is 1. The molecule has 15 nitrogen and oxygen atoms in total. The maximum atomic E-state index is 14.3. The Kier molecular flexibility index (Phi) is 11.8. The van der Waals surface area contributed by atoms with Gasteiger partial charge in [-0.2, -0.15) is 5.10 Å². The van der Waals surface area contributed by atoms with Crippen LogP contribution in [-0.4, -0.2) is 75.0 Å². The van der Waals surface area contributed by atoms with Crippen LogP contribution in [0.5, 0.6) is 5.75 Å². The molecule has 0 saturated carbocycles. The highest BCUT2D eigenvalue weighted by Gasteiger charge is 2.59. The van der Waals surface area contributed by atoms with Gasteiger partial charge in [0, 0.05) is 19.4 Å². The number of nitrogens with one attached hydrogen (secondary N) is 1. The summed E-state index contributed by atoms with van der Waals surface area (Å²) in [5, 5.41) is 17.5. The number of carbonyl (C=O) groups is 2. The van der Waals surface area contributed by atoms with Gasteiger partial charge < -0.3 is 34.3 Å². The number of nitrogens with two attached hydrogens (primary N) is 1. The van der Waals surface area contributed by atoms with Gasteiger partial charge in [0.05, 0.1) is 18.3 Å². The van der Waals surface area contributed by atoms with Crippen LogP contribution < -0.4 is 15.3 Å². The number of esters is 2. The fraction of sp³-hybridized carbons (Fsp3) is 0.533. The standard InChI is InChI=1S/C30H42N5O10P/c1-6-16-40-29(38)19(4)34-46(39,45-20-12-10-9-11-13-20)41-17-30(5)27(43-24(37)8-3)26(42-23(36)7-2)25(44-30)21-14-15-22-28(31)32-18-33-35(21)22/h9-15,18-19,25-27,29,38H,6-8,16-17H2,1-5H3,(H,34,39)(H2,31,32,33)/t19-,25-,26-,27-,29?,30+,46-/m0/s1. The number of anilines is 1. The first-order valence-electron chi connectivity index (χ1n) is 15.1. The second kappa shape index (κ2) is 15.3. The largest absolute Gasteiger partial charge is 0.459 e. The third-order valence-electron chi connectivity index (χ3n) is 7.27. The van der Waals surface area contributed by atoms with Gasteiger partial charge in [0.2, 0.25) is 0 Å². The van der Waals surface area contributed by atoms with Crippen molar-refractivity contribution in [3.63, 3.8) is 0 Å². The normalized spacial score (nSPS) is 23.8. The van der Waals surface area contributed by atoms with Gasteiger partial charge in [0.1, 0.15) is 29.3 Å². The van der Waals surface area contributed by atoms with E-state index in [4.69, 9.17) is 33.7 Å². The Morgan fingerprint density at radius 2 is 1.83 bits per heavy atom. The third-order valence-corrected chi connectivity index (χ3v) is 8.92. The number of aromatic nitrogens is 3. The van der Waals surface area contributed by atoms with E-state index in [0.29, 0.717) is 17.6 Å². The molecule has 16 heteroatoms. The van der Waals surface area contributed by atoms with Crippen LogP contribution >= 0.6 is 7.75 Å². The molecule has 0 spiro atoms. The molecule has 252 valence electrons. The van der Waals surface area contributed by atoms with Gasteiger partial charge in [0.15, 0.2) is 24.3 Å². The maximum absolute atomic E-state index is 14.3. The molecule has 3 heterocycles. The quantitative estimate of drug-likeness (QED) is 0.114. The zero-order chi connectivity index (χ0) is 33.5. The third kappa shape index (κ3) is 8.21. The first kappa shape index (κ1) is 35.3. The van der Waals surface area contributed by atoms with Crippen molar-refractivity contribution in [3.8, 4) is 5.75 Å². The number of hydrogen-bond acceptors (Lipinski definition) is 13. The molecule has 0 aliphatic carbocycles. The minimum absolute atomic E-state index is 0.0225. The van der Waals surface area contributed by atoms with Crippen LogP contribution in [0, 0.1) is 0 Å². The highest BCUT2D eigenvalue weighted by molar-refractivity contribution is 7.52. The number of fused-ring (bicyclic) bond motifs is 1. The Morgan fingerprint density at radius 1 is 1.13 bits per heavy atom. The van der Waals surface area contributed by atoms with Crippen LogP contribution in [0.3, 0.4) is 0 Å². The lowest BCUT2D eigenvalue weighted by atomic mass is 9.96. The number of para-hydroxylation sites is 1. The number of nitrogen functional groups attached to an aromatic ring is 1. The topological polar surface area (TPSA) is 195 Å². The van der Waals surface area contributed by atoms with Crippen LogP contribution in [0.4, 0.5) is 5.82 Å². The highest BCUT2D eigenvalue weighted by Crippen LogP contribution is 2.50. The molecule has 4 rings (SSSR count). The van der Waals surface area contributed by atoms with Crippen molar-refractivity contribution in [1.29, 1.82) is 0 Å². The van der Waals surface area contributed by atoms with Gasteiger partial charge in [-0.3, -0.25) is 14.1 Å². The Hall–Kier alpha value is -3.59. The molecule has 3 aromatic rings. The second-order valence-electron chi connectivity index (χ2n) is 11.0. The summed E-state index contributed by atoms with van der Waals surface area (Å²) in [5.41, 5.74) is 5.42. The molecule has 0 radical (unpaired) electrons. The molecule has 1 aliphatic rings. The van der Waals surface area contributed by atoms with Crippen LogP contribution in [0.2, 0.25) is 0 Å². The van der Waals surface area contributed by atoms with Crippen molar-refractivity contribution >= 4 is 31.0 Å². The van der Waals surface area contributed by atoms with Gasteiger partial charge in [-0.1, -0.05) is 39.0 Å². The summed E-state index contributed by atoms with van der Waals surface area (Å²) in [6.07, 6.45) is -2.73. The molecule has 0 bridgehead atoms. The summed E-state index contributed by atoms with van der Waals surface area (Å²) in [6, 6.07) is 10.8. The number of benzene rings is 1. The number of hydrogen-bond donors (Lipinski definition) is 3. The van der Waals surface area contributed by atoms with E-state index in [1.165, 1.54) is 10.8 Å². The Morgan fingerprint density at radius 3 is 2.50 bits per heavy atom. The summed E-state index contributed by atoms with van der Waals surface area (Å²) in [6.45, 7) is 8.09. The molecule has 1 unspecified atom stereocenters. The summed E-state index contributed by atoms with van der Waals surface area (Å²) >= 11 is 0. The molecular formula is C30H42N5O10P. The van der Waals surface area contributed by atoms with Crippen molar-refractivity contribution < 1.29 is 47.3 Å². The fourth-order valence-corrected chi connectivity index (χ4v) is 6.49. The van der Waals surface area contributed by atoms with Crippen LogP contribution in [0.1, 0.15) is 65.7 Å². The molecule has 2 aromatic heterocycles. The van der Waals surface area contributed by atoms with Crippen molar-refractivity contribution in [2.75, 3.05) is 18.9 Å². The number of carbonyl (C=O) groups excluding carboxylic acids is 2. The smallest absolute Gasteiger partial charge is 0.455 e. The number of rotatable bonds is 16. The zero-order valence-corrected chi connectivity index (χ0v) is 27.4. The minimum Gasteiger partial charge on any atom is -0.455 e. The molecule has 4 N–H and O–H groups in total. The first-order valence-corrected chi connectivity index (χ1v) is 16.7. The van der Waals surface area contributed by atoms with E-state index in [1.807, 2.05) is 6.92 Å². The van der Waals surface area contributed by atoms with Gasteiger partial charge in [0.25, 0.3) is 0 Å². The number of nitrogens with zero attached hydrogens (tertiary/aromatic N) is 3. The fourth-order valence-electron chi connectivity index (χ4n) is 4.86. The molecule has 1 fully saturated rings. The Labute approximate surface area is 267 Å². The lowest BCUT2D eigenvalue weighted by Crippen LogP contribution is -2.48. The van der Waals surface area contributed by atoms with Gasteiger partial charge in [-0.25, -0.2) is 19.2 Å². The van der Waals surface area contributed by atoms with E-state index >= 15 is 0 Å². The average molecular weight is 664 g/mol. The van der Waals surface area contributed by atoms with Gasteiger partial charge in [-0.15, -0.1) is 0 Å². The summed E-state index contributed by atoms with van der Waals surface area (Å²) < 4.78 is 51.2. The van der Waals surface area contributed by atoms with Crippen molar-refractivity contribution in [2.45, 2.75) is 90.1 Å². The summed E-state index contributed by atoms with van der Waals surface area (Å²) in [4.78, 5) is 29.4. The summed E-state index contributed by atoms with van der Waals surface area (Å²) in [5.74, 6) is -0.710. The molecule has 1 aromatic carbocycles. The molecular weight excluding hydrogens is 621 g/mol. The minimum atomic E-state index is -4.29. The Bertz CT molecular complexity index is 1520. The maximum Gasteiger partial charge on any atom is 0.459 e. The first-order chi connectivity index (χ1) is 21.9. The predicted molar refractivity (Wildman–Crippen MR) is 165 cm³/mol. The van der Waals surface area contributed by atoms with Gasteiger partial charge in [-0.05, 0) is 44.5 Å². The van der Waals surface area contributed by atoms with E-state index in [9.17, 15) is 19.3 Å². The van der Waals surface area contributed by atoms with Crippen LogP contribution in [0.15, 0.2) is 48.8 Å². The molecule has 7 atom stereocenters. The van der Waals surface area contributed by atoms with E-state index in [0.717, 1.165) is 0 Å². The molecule has 1 aliphatic heterocycles. The Balaban J connectivity index is 1.71. The van der Waals surface area contributed by atoms with E-state index in [-0.39, 0.29) is 31.0 Å². The average Bonchev–Trinajstić information content (AvgIpc) is 3.59. The number of aliphatic hydroxyl groups excluding tert-OH is 1. The molecule has 1 saturated heterocycles. The molecule has 46 heavy (non-hydrogen) atoms. The van der Waals surface area contributed by atoms with Crippen molar-refractivity contribution in [1.82, 2.24) is 19.7 Å². The van der Waals surface area contributed by atoms with E-state index < -0.39 is 62.5 Å². The van der Waals surface area contributed by atoms with E-state index in [2.05, 4.69) is 15.2 Å². The predicted octanol–water partition coefficient (Wildman–Crippen LogP) is 3.71. The van der Waals surface area contributed by atoms with Crippen molar-refractivity contribution in [3.05, 3.63) is 54.5 Å². The lowest BCUT2D eigenvalue weighted by molar-refractivity contribution is -0.171. The molecule has 0 amide bonds. The van der Waals surface area contributed by atoms with Gasteiger partial charge >= 0.3 is 19.7 Å². The highest BCUT2D eigenvalue weighted by atomic mass is 31.2.